The number of nitro benzene ring substituents is 1. The minimum atomic E-state index is -0.403. The van der Waals surface area contributed by atoms with Gasteiger partial charge in [0.2, 0.25) is 0 Å². The summed E-state index contributed by atoms with van der Waals surface area (Å²) in [4.78, 5) is 9.95. The largest absolute Gasteiger partial charge is 0.365 e. The zero-order valence-electron chi connectivity index (χ0n) is 7.19. The Labute approximate surface area is 75.3 Å². The van der Waals surface area contributed by atoms with Crippen LogP contribution < -0.4 is 0 Å². The molecule has 0 bridgehead atoms. The third-order valence-electron chi connectivity index (χ3n) is 2.27. The van der Waals surface area contributed by atoms with E-state index in [1.807, 2.05) is 6.92 Å². The van der Waals surface area contributed by atoms with Crippen LogP contribution in [0.1, 0.15) is 12.5 Å². The van der Waals surface area contributed by atoms with Crippen LogP contribution in [-0.4, -0.2) is 11.5 Å². The van der Waals surface area contributed by atoms with Gasteiger partial charge in [0.25, 0.3) is 5.69 Å². The summed E-state index contributed by atoms with van der Waals surface area (Å²) < 4.78 is 5.21. The fourth-order valence-electron chi connectivity index (χ4n) is 1.21. The van der Waals surface area contributed by atoms with Gasteiger partial charge in [0.15, 0.2) is 0 Å². The van der Waals surface area contributed by atoms with Crippen molar-refractivity contribution in [2.75, 3.05) is 6.61 Å². The number of ether oxygens (including phenoxy) is 1. The van der Waals surface area contributed by atoms with Crippen LogP contribution in [0.5, 0.6) is 0 Å². The highest BCUT2D eigenvalue weighted by Gasteiger charge is 2.41. The van der Waals surface area contributed by atoms with Crippen molar-refractivity contribution >= 4 is 5.69 Å². The molecule has 0 radical (unpaired) electrons. The third kappa shape index (κ3) is 1.40. The van der Waals surface area contributed by atoms with Crippen molar-refractivity contribution in [2.24, 2.45) is 0 Å². The first-order chi connectivity index (χ1) is 6.12. The fourth-order valence-corrected chi connectivity index (χ4v) is 1.21. The highest BCUT2D eigenvalue weighted by atomic mass is 16.6. The molecule has 2 rings (SSSR count). The smallest absolute Gasteiger partial charge is 0.269 e. The molecule has 1 atom stereocenters. The van der Waals surface area contributed by atoms with Crippen LogP contribution in [0.15, 0.2) is 24.3 Å². The SMILES string of the molecule is CC1(c2ccc([N+](=O)[O-])cc2)CO1. The standard InChI is InChI=1S/C9H9NO3/c1-9(6-13-9)7-2-4-8(5-3-7)10(11)12/h2-5H,6H2,1H3. The van der Waals surface area contributed by atoms with Crippen LogP contribution >= 0.6 is 0 Å². The summed E-state index contributed by atoms with van der Waals surface area (Å²) in [6.07, 6.45) is 0. The van der Waals surface area contributed by atoms with E-state index in [0.29, 0.717) is 6.61 Å². The van der Waals surface area contributed by atoms with Gasteiger partial charge in [-0.2, -0.15) is 0 Å². The number of epoxide rings is 1. The molecule has 13 heavy (non-hydrogen) atoms. The first-order valence-corrected chi connectivity index (χ1v) is 4.01. The van der Waals surface area contributed by atoms with Crippen LogP contribution in [0.25, 0.3) is 0 Å². The monoisotopic (exact) mass is 179 g/mol. The van der Waals surface area contributed by atoms with E-state index in [1.165, 1.54) is 12.1 Å². The van der Waals surface area contributed by atoms with Crippen molar-refractivity contribution in [2.45, 2.75) is 12.5 Å². The van der Waals surface area contributed by atoms with Gasteiger partial charge in [0.05, 0.1) is 11.5 Å². The number of hydrogen-bond acceptors (Lipinski definition) is 3. The Bertz CT molecular complexity index is 340. The molecule has 4 heteroatoms. The molecule has 68 valence electrons. The Hall–Kier alpha value is -1.42. The van der Waals surface area contributed by atoms with Crippen molar-refractivity contribution in [3.05, 3.63) is 39.9 Å². The Morgan fingerprint density at radius 3 is 2.38 bits per heavy atom. The number of rotatable bonds is 2. The number of hydrogen-bond donors (Lipinski definition) is 0. The van der Waals surface area contributed by atoms with E-state index in [1.54, 1.807) is 12.1 Å². The van der Waals surface area contributed by atoms with Gasteiger partial charge in [-0.3, -0.25) is 10.1 Å². The molecule has 1 fully saturated rings. The van der Waals surface area contributed by atoms with Crippen LogP contribution in [0.4, 0.5) is 5.69 Å². The van der Waals surface area contributed by atoms with E-state index in [2.05, 4.69) is 0 Å². The molecule has 0 spiro atoms. The molecule has 1 aliphatic rings. The lowest BCUT2D eigenvalue weighted by Gasteiger charge is -2.03. The summed E-state index contributed by atoms with van der Waals surface area (Å²) in [5, 5.41) is 10.4. The van der Waals surface area contributed by atoms with Gasteiger partial charge in [0, 0.05) is 12.1 Å². The molecule has 0 amide bonds. The van der Waals surface area contributed by atoms with Crippen LogP contribution in [-0.2, 0) is 10.3 Å². The minimum Gasteiger partial charge on any atom is -0.365 e. The molecular weight excluding hydrogens is 170 g/mol. The Morgan fingerprint density at radius 1 is 1.46 bits per heavy atom. The van der Waals surface area contributed by atoms with Gasteiger partial charge in [-0.25, -0.2) is 0 Å². The number of benzene rings is 1. The Balaban J connectivity index is 2.28. The molecule has 1 aromatic rings. The number of nitro groups is 1. The second-order valence-electron chi connectivity index (χ2n) is 3.32. The average molecular weight is 179 g/mol. The van der Waals surface area contributed by atoms with Crippen LogP contribution in [0.2, 0.25) is 0 Å². The zero-order valence-corrected chi connectivity index (χ0v) is 7.19. The molecule has 1 saturated heterocycles. The molecule has 1 aliphatic heterocycles. The first kappa shape index (κ1) is 8.19. The van der Waals surface area contributed by atoms with Crippen molar-refractivity contribution in [1.29, 1.82) is 0 Å². The molecule has 1 unspecified atom stereocenters. The van der Waals surface area contributed by atoms with Crippen molar-refractivity contribution in [3.63, 3.8) is 0 Å². The third-order valence-corrected chi connectivity index (χ3v) is 2.27. The maximum atomic E-state index is 10.4. The maximum absolute atomic E-state index is 10.4. The Morgan fingerprint density at radius 2 is 2.00 bits per heavy atom. The van der Waals surface area contributed by atoms with Crippen molar-refractivity contribution in [1.82, 2.24) is 0 Å². The summed E-state index contributed by atoms with van der Waals surface area (Å²) in [6, 6.07) is 6.49. The molecule has 4 nitrogen and oxygen atoms in total. The molecule has 0 saturated carbocycles. The number of non-ortho nitro benzene ring substituents is 1. The summed E-state index contributed by atoms with van der Waals surface area (Å²) in [5.41, 5.74) is 0.917. The fraction of sp³-hybridized carbons (Fsp3) is 0.333. The average Bonchev–Trinajstić information content (AvgIpc) is 2.85. The maximum Gasteiger partial charge on any atom is 0.269 e. The zero-order chi connectivity index (χ0) is 9.47. The normalized spacial score (nSPS) is 25.6. The van der Waals surface area contributed by atoms with Crippen LogP contribution in [0.3, 0.4) is 0 Å². The van der Waals surface area contributed by atoms with E-state index >= 15 is 0 Å². The van der Waals surface area contributed by atoms with E-state index in [4.69, 9.17) is 4.74 Å². The summed E-state index contributed by atoms with van der Waals surface area (Å²) in [7, 11) is 0. The quantitative estimate of drug-likeness (QED) is 0.395. The second kappa shape index (κ2) is 2.53. The van der Waals surface area contributed by atoms with Gasteiger partial charge in [-0.05, 0) is 24.6 Å². The highest BCUT2D eigenvalue weighted by Crippen LogP contribution is 2.38. The molecule has 0 aromatic heterocycles. The lowest BCUT2D eigenvalue weighted by Crippen LogP contribution is -2.01. The topological polar surface area (TPSA) is 55.7 Å². The van der Waals surface area contributed by atoms with Crippen molar-refractivity contribution in [3.8, 4) is 0 Å². The van der Waals surface area contributed by atoms with E-state index in [9.17, 15) is 10.1 Å². The van der Waals surface area contributed by atoms with Crippen molar-refractivity contribution < 1.29 is 9.66 Å². The van der Waals surface area contributed by atoms with E-state index in [0.717, 1.165) is 5.56 Å². The predicted molar refractivity (Wildman–Crippen MR) is 46.4 cm³/mol. The number of nitrogens with zero attached hydrogens (tertiary/aromatic N) is 1. The van der Waals surface area contributed by atoms with E-state index in [-0.39, 0.29) is 11.3 Å². The van der Waals surface area contributed by atoms with Gasteiger partial charge >= 0.3 is 0 Å². The van der Waals surface area contributed by atoms with Crippen LogP contribution in [0, 0.1) is 10.1 Å². The Kier molecular flexibility index (Phi) is 1.60. The molecular formula is C9H9NO3. The van der Waals surface area contributed by atoms with Gasteiger partial charge < -0.3 is 4.74 Å². The van der Waals surface area contributed by atoms with E-state index < -0.39 is 4.92 Å². The second-order valence-corrected chi connectivity index (χ2v) is 3.32. The summed E-state index contributed by atoms with van der Waals surface area (Å²) in [5.74, 6) is 0. The van der Waals surface area contributed by atoms with Gasteiger partial charge in [-0.15, -0.1) is 0 Å². The minimum absolute atomic E-state index is 0.119. The molecule has 1 aromatic carbocycles. The van der Waals surface area contributed by atoms with Gasteiger partial charge in [0.1, 0.15) is 5.60 Å². The molecule has 0 N–H and O–H groups in total. The lowest BCUT2D eigenvalue weighted by molar-refractivity contribution is -0.384. The predicted octanol–water partition coefficient (Wildman–Crippen LogP) is 1.84. The molecule has 0 aliphatic carbocycles. The summed E-state index contributed by atoms with van der Waals surface area (Å²) in [6.45, 7) is 2.67. The first-order valence-electron chi connectivity index (χ1n) is 4.01. The lowest BCUT2D eigenvalue weighted by atomic mass is 10.0. The van der Waals surface area contributed by atoms with Gasteiger partial charge in [-0.1, -0.05) is 0 Å². The highest BCUT2D eigenvalue weighted by molar-refractivity contribution is 5.36. The summed E-state index contributed by atoms with van der Waals surface area (Å²) >= 11 is 0. The molecule has 1 heterocycles.